The minimum Gasteiger partial charge on any atom is -0.490 e. The van der Waals surface area contributed by atoms with Crippen LogP contribution in [0.1, 0.15) is 30.5 Å². The highest BCUT2D eigenvalue weighted by Crippen LogP contribution is 2.34. The Morgan fingerprint density at radius 2 is 2.21 bits per heavy atom. The van der Waals surface area contributed by atoms with Crippen molar-refractivity contribution in [3.63, 3.8) is 0 Å². The second-order valence-electron chi connectivity index (χ2n) is 5.90. The maximum atomic E-state index is 12.0. The smallest absolute Gasteiger partial charge is 0.410 e. The summed E-state index contributed by atoms with van der Waals surface area (Å²) in [5.41, 5.74) is -0.467. The maximum absolute atomic E-state index is 12.0. The van der Waals surface area contributed by atoms with Crippen molar-refractivity contribution in [1.82, 2.24) is 4.90 Å². The molecule has 1 aromatic rings. The first-order valence-corrected chi connectivity index (χ1v) is 7.26. The Balaban J connectivity index is 2.02. The van der Waals surface area contributed by atoms with Crippen molar-refractivity contribution in [2.75, 3.05) is 13.7 Å². The summed E-state index contributed by atoms with van der Waals surface area (Å²) in [6.07, 6.45) is 0.543. The van der Waals surface area contributed by atoms with E-state index in [0.717, 1.165) is 12.2 Å². The molecule has 0 radical (unpaired) electrons. The topological polar surface area (TPSA) is 38.8 Å². The molecule has 1 aliphatic rings. The summed E-state index contributed by atoms with van der Waals surface area (Å²) in [6.45, 7) is 8.21. The van der Waals surface area contributed by atoms with Crippen LogP contribution in [0, 0.1) is 6.92 Å². The van der Waals surface area contributed by atoms with Crippen LogP contribution in [0.3, 0.4) is 0 Å². The van der Waals surface area contributed by atoms with Crippen LogP contribution in [0.4, 0.5) is 4.79 Å². The Bertz CT molecular complexity index is 476. The SMILES string of the molecule is Cc1cc2c(s1)CC(N(C)C(=O)OC(C)(C)C)CO2. The third-order valence-corrected chi connectivity index (χ3v) is 4.03. The van der Waals surface area contributed by atoms with Crippen molar-refractivity contribution in [2.45, 2.75) is 45.8 Å². The number of fused-ring (bicyclic) bond motifs is 1. The van der Waals surface area contributed by atoms with Crippen molar-refractivity contribution < 1.29 is 14.3 Å². The fraction of sp³-hybridized carbons (Fsp3) is 0.643. The summed E-state index contributed by atoms with van der Waals surface area (Å²) in [5.74, 6) is 0.969. The van der Waals surface area contributed by atoms with E-state index in [1.54, 1.807) is 23.3 Å². The molecule has 2 heterocycles. The minimum absolute atomic E-state index is 0.0420. The monoisotopic (exact) mass is 283 g/mol. The largest absolute Gasteiger partial charge is 0.490 e. The highest BCUT2D eigenvalue weighted by atomic mass is 32.1. The van der Waals surface area contributed by atoms with Crippen molar-refractivity contribution >= 4 is 17.4 Å². The fourth-order valence-electron chi connectivity index (χ4n) is 1.99. The molecule has 5 heteroatoms. The third kappa shape index (κ3) is 3.41. The summed E-state index contributed by atoms with van der Waals surface area (Å²) in [4.78, 5) is 16.1. The molecular weight excluding hydrogens is 262 g/mol. The van der Waals surface area contributed by atoms with Gasteiger partial charge in [0.15, 0.2) is 0 Å². The highest BCUT2D eigenvalue weighted by molar-refractivity contribution is 7.12. The quantitative estimate of drug-likeness (QED) is 0.794. The number of carbonyl (C=O) groups excluding carboxylic acids is 1. The van der Waals surface area contributed by atoms with Gasteiger partial charge in [-0.15, -0.1) is 11.3 Å². The zero-order chi connectivity index (χ0) is 14.2. The lowest BCUT2D eigenvalue weighted by atomic mass is 10.1. The highest BCUT2D eigenvalue weighted by Gasteiger charge is 2.30. The molecule has 0 N–H and O–H groups in total. The van der Waals surface area contributed by atoms with Gasteiger partial charge in [0, 0.05) is 23.2 Å². The van der Waals surface area contributed by atoms with Crippen LogP contribution in [0.2, 0.25) is 0 Å². The molecule has 0 saturated carbocycles. The molecule has 0 bridgehead atoms. The molecule has 1 aromatic heterocycles. The molecule has 1 amide bonds. The minimum atomic E-state index is -0.467. The lowest BCUT2D eigenvalue weighted by Crippen LogP contribution is -2.45. The van der Waals surface area contributed by atoms with Gasteiger partial charge in [0.25, 0.3) is 0 Å². The first kappa shape index (κ1) is 14.2. The molecule has 106 valence electrons. The number of aryl methyl sites for hydroxylation is 1. The van der Waals surface area contributed by atoms with Crippen molar-refractivity contribution in [2.24, 2.45) is 0 Å². The summed E-state index contributed by atoms with van der Waals surface area (Å²) >= 11 is 1.73. The van der Waals surface area contributed by atoms with E-state index in [-0.39, 0.29) is 12.1 Å². The molecule has 2 rings (SSSR count). The first-order valence-electron chi connectivity index (χ1n) is 6.44. The standard InChI is InChI=1S/C14H21NO3S/c1-9-6-11-12(19-9)7-10(8-17-11)15(5)13(16)18-14(2,3)4/h6,10H,7-8H2,1-5H3. The van der Waals surface area contributed by atoms with E-state index in [2.05, 4.69) is 13.0 Å². The van der Waals surface area contributed by atoms with Gasteiger partial charge in [-0.05, 0) is 33.8 Å². The number of rotatable bonds is 1. The van der Waals surface area contributed by atoms with Crippen LogP contribution in [0.15, 0.2) is 6.07 Å². The summed E-state index contributed by atoms with van der Waals surface area (Å²) in [5, 5.41) is 0. The van der Waals surface area contributed by atoms with Crippen LogP contribution >= 0.6 is 11.3 Å². The van der Waals surface area contributed by atoms with Gasteiger partial charge < -0.3 is 14.4 Å². The molecule has 0 saturated heterocycles. The molecule has 0 spiro atoms. The Morgan fingerprint density at radius 1 is 1.53 bits per heavy atom. The van der Waals surface area contributed by atoms with Gasteiger partial charge in [-0.2, -0.15) is 0 Å². The van der Waals surface area contributed by atoms with E-state index in [4.69, 9.17) is 9.47 Å². The van der Waals surface area contributed by atoms with E-state index in [1.165, 1.54) is 9.75 Å². The zero-order valence-electron chi connectivity index (χ0n) is 12.1. The molecule has 1 unspecified atom stereocenters. The van der Waals surface area contributed by atoms with Crippen molar-refractivity contribution in [3.8, 4) is 5.75 Å². The number of thiophene rings is 1. The number of nitrogens with zero attached hydrogens (tertiary/aromatic N) is 1. The van der Waals surface area contributed by atoms with Crippen LogP contribution < -0.4 is 4.74 Å². The molecule has 0 aromatic carbocycles. The van der Waals surface area contributed by atoms with Crippen LogP contribution in [0.25, 0.3) is 0 Å². The van der Waals surface area contributed by atoms with Crippen molar-refractivity contribution in [3.05, 3.63) is 15.8 Å². The number of hydrogen-bond acceptors (Lipinski definition) is 4. The fourth-order valence-corrected chi connectivity index (χ4v) is 3.04. The molecular formula is C14H21NO3S. The third-order valence-electron chi connectivity index (χ3n) is 2.97. The van der Waals surface area contributed by atoms with Crippen molar-refractivity contribution in [1.29, 1.82) is 0 Å². The van der Waals surface area contributed by atoms with E-state index < -0.39 is 5.60 Å². The van der Waals surface area contributed by atoms with E-state index in [0.29, 0.717) is 6.61 Å². The number of likely N-dealkylation sites (N-methyl/N-ethyl adjacent to an activating group) is 1. The average Bonchev–Trinajstić information content (AvgIpc) is 2.64. The van der Waals surface area contributed by atoms with Gasteiger partial charge >= 0.3 is 6.09 Å². The van der Waals surface area contributed by atoms with Gasteiger partial charge in [0.05, 0.1) is 6.04 Å². The van der Waals surface area contributed by atoms with Gasteiger partial charge in [-0.3, -0.25) is 0 Å². The second-order valence-corrected chi connectivity index (χ2v) is 7.25. The summed E-state index contributed by atoms with van der Waals surface area (Å²) in [6, 6.07) is 2.10. The predicted molar refractivity (Wildman–Crippen MR) is 76.0 cm³/mol. The predicted octanol–water partition coefficient (Wildman–Crippen LogP) is 3.23. The molecule has 0 aliphatic carbocycles. The Hall–Kier alpha value is -1.23. The average molecular weight is 283 g/mol. The van der Waals surface area contributed by atoms with Gasteiger partial charge in [0.1, 0.15) is 18.0 Å². The molecule has 0 fully saturated rings. The van der Waals surface area contributed by atoms with E-state index in [9.17, 15) is 4.79 Å². The Labute approximate surface area is 118 Å². The number of amides is 1. The van der Waals surface area contributed by atoms with E-state index in [1.807, 2.05) is 20.8 Å². The van der Waals surface area contributed by atoms with Crippen LogP contribution in [0.5, 0.6) is 5.75 Å². The number of carbonyl (C=O) groups is 1. The zero-order valence-corrected chi connectivity index (χ0v) is 13.0. The summed E-state index contributed by atoms with van der Waals surface area (Å²) < 4.78 is 11.1. The first-order chi connectivity index (χ1) is 8.76. The van der Waals surface area contributed by atoms with Gasteiger partial charge in [-0.25, -0.2) is 4.79 Å². The van der Waals surface area contributed by atoms with Crippen LogP contribution in [-0.4, -0.2) is 36.3 Å². The lowest BCUT2D eigenvalue weighted by Gasteiger charge is -2.32. The molecule has 1 aliphatic heterocycles. The normalized spacial score (nSPS) is 18.5. The maximum Gasteiger partial charge on any atom is 0.410 e. The number of ether oxygens (including phenoxy) is 2. The van der Waals surface area contributed by atoms with Gasteiger partial charge in [0.2, 0.25) is 0 Å². The van der Waals surface area contributed by atoms with E-state index >= 15 is 0 Å². The number of hydrogen-bond donors (Lipinski definition) is 0. The van der Waals surface area contributed by atoms with Gasteiger partial charge in [-0.1, -0.05) is 0 Å². The summed E-state index contributed by atoms with van der Waals surface area (Å²) in [7, 11) is 1.77. The Morgan fingerprint density at radius 3 is 2.84 bits per heavy atom. The molecule has 19 heavy (non-hydrogen) atoms. The van der Waals surface area contributed by atoms with Crippen LogP contribution in [-0.2, 0) is 11.2 Å². The molecule has 4 nitrogen and oxygen atoms in total. The second kappa shape index (κ2) is 5.04. The molecule has 1 atom stereocenters. The lowest BCUT2D eigenvalue weighted by molar-refractivity contribution is 0.0161. The Kier molecular flexibility index (Phi) is 3.76.